The number of anilines is 1. The molecule has 1 fully saturated rings. The highest BCUT2D eigenvalue weighted by Gasteiger charge is 2.34. The lowest BCUT2D eigenvalue weighted by Gasteiger charge is -2.32. The van der Waals surface area contributed by atoms with Gasteiger partial charge in [-0.25, -0.2) is 8.42 Å². The number of rotatable bonds is 4. The zero-order chi connectivity index (χ0) is 19.9. The van der Waals surface area contributed by atoms with Crippen LogP contribution >= 0.6 is 0 Å². The zero-order valence-electron chi connectivity index (χ0n) is 16.2. The molecule has 0 aliphatic carbocycles. The molecule has 1 atom stereocenters. The number of piperidine rings is 1. The summed E-state index contributed by atoms with van der Waals surface area (Å²) in [6.07, 6.45) is 3.37. The van der Waals surface area contributed by atoms with Gasteiger partial charge in [0.1, 0.15) is 6.04 Å². The third-order valence-corrected chi connectivity index (χ3v) is 6.83. The van der Waals surface area contributed by atoms with Crippen LogP contribution in [0.15, 0.2) is 42.5 Å². The molecule has 1 amide bonds. The van der Waals surface area contributed by atoms with Crippen molar-refractivity contribution in [2.45, 2.75) is 38.8 Å². The van der Waals surface area contributed by atoms with Crippen molar-refractivity contribution in [2.75, 3.05) is 18.1 Å². The van der Waals surface area contributed by atoms with Gasteiger partial charge in [-0.15, -0.1) is 0 Å². The van der Waals surface area contributed by atoms with Crippen molar-refractivity contribution in [2.24, 2.45) is 0 Å². The molecule has 2 aromatic carbocycles. The van der Waals surface area contributed by atoms with Crippen molar-refractivity contribution in [1.29, 1.82) is 0 Å². The van der Waals surface area contributed by atoms with Crippen molar-refractivity contribution < 1.29 is 13.2 Å². The fourth-order valence-electron chi connectivity index (χ4n) is 4.26. The Morgan fingerprint density at radius 1 is 1.11 bits per heavy atom. The van der Waals surface area contributed by atoms with Gasteiger partial charge in [-0.05, 0) is 44.0 Å². The standard InChI is InChI=1S/C21H25N3O3S/c1-3-23-18-9-5-4-8-16(18)17-14-15(11-12-19(17)23)22-21(25)20-10-6-7-13-24(20)28(2,26)27/h4-5,8-9,11-12,14,20H,3,6-7,10,13H2,1-2H3,(H,22,25)/t20-/m1/s1. The Kier molecular flexibility index (Phi) is 4.89. The van der Waals surface area contributed by atoms with Crippen LogP contribution in [-0.2, 0) is 21.4 Å². The molecule has 28 heavy (non-hydrogen) atoms. The van der Waals surface area contributed by atoms with Crippen molar-refractivity contribution in [3.8, 4) is 0 Å². The highest BCUT2D eigenvalue weighted by Crippen LogP contribution is 2.31. The molecule has 1 aliphatic heterocycles. The van der Waals surface area contributed by atoms with E-state index in [1.54, 1.807) is 0 Å². The minimum atomic E-state index is -3.41. The minimum Gasteiger partial charge on any atom is -0.341 e. The molecular weight excluding hydrogens is 374 g/mol. The summed E-state index contributed by atoms with van der Waals surface area (Å²) in [5.74, 6) is -0.260. The molecule has 2 heterocycles. The number of para-hydroxylation sites is 1. The molecule has 1 saturated heterocycles. The van der Waals surface area contributed by atoms with Crippen LogP contribution in [0, 0.1) is 0 Å². The molecule has 0 unspecified atom stereocenters. The summed E-state index contributed by atoms with van der Waals surface area (Å²) < 4.78 is 27.7. The molecule has 1 aliphatic rings. The van der Waals surface area contributed by atoms with E-state index >= 15 is 0 Å². The minimum absolute atomic E-state index is 0.260. The first-order valence-electron chi connectivity index (χ1n) is 9.69. The third kappa shape index (κ3) is 3.29. The molecule has 1 aromatic heterocycles. The summed E-state index contributed by atoms with van der Waals surface area (Å²) in [5.41, 5.74) is 2.98. The van der Waals surface area contributed by atoms with E-state index in [2.05, 4.69) is 28.9 Å². The monoisotopic (exact) mass is 399 g/mol. The first kappa shape index (κ1) is 19.0. The van der Waals surface area contributed by atoms with Crippen LogP contribution in [0.5, 0.6) is 0 Å². The Labute approximate surface area is 165 Å². The number of carbonyl (C=O) groups excluding carboxylic acids is 1. The average molecular weight is 400 g/mol. The third-order valence-electron chi connectivity index (χ3n) is 5.54. The quantitative estimate of drug-likeness (QED) is 0.729. The molecule has 6 nitrogen and oxygen atoms in total. The van der Waals surface area contributed by atoms with E-state index < -0.39 is 16.1 Å². The largest absolute Gasteiger partial charge is 0.341 e. The van der Waals surface area contributed by atoms with Crippen LogP contribution in [0.2, 0.25) is 0 Å². The van der Waals surface area contributed by atoms with E-state index in [0.717, 1.165) is 35.7 Å². The van der Waals surface area contributed by atoms with Gasteiger partial charge in [0.15, 0.2) is 0 Å². The Hall–Kier alpha value is -2.38. The lowest BCUT2D eigenvalue weighted by atomic mass is 10.0. The number of aromatic nitrogens is 1. The Morgan fingerprint density at radius 2 is 1.86 bits per heavy atom. The molecule has 148 valence electrons. The number of benzene rings is 2. The SMILES string of the molecule is CCn1c2ccccc2c2cc(NC(=O)[C@H]3CCCCN3S(C)(=O)=O)ccc21. The van der Waals surface area contributed by atoms with Crippen LogP contribution < -0.4 is 5.32 Å². The lowest BCUT2D eigenvalue weighted by Crippen LogP contribution is -2.49. The van der Waals surface area contributed by atoms with E-state index in [1.165, 1.54) is 16.1 Å². The number of nitrogens with zero attached hydrogens (tertiary/aromatic N) is 2. The van der Waals surface area contributed by atoms with Gasteiger partial charge in [0, 0.05) is 40.6 Å². The molecule has 0 bridgehead atoms. The van der Waals surface area contributed by atoms with Gasteiger partial charge in [-0.3, -0.25) is 4.79 Å². The van der Waals surface area contributed by atoms with Crippen LogP contribution in [0.3, 0.4) is 0 Å². The highest BCUT2D eigenvalue weighted by molar-refractivity contribution is 7.88. The Morgan fingerprint density at radius 3 is 2.61 bits per heavy atom. The van der Waals surface area contributed by atoms with Crippen LogP contribution in [0.4, 0.5) is 5.69 Å². The molecule has 0 radical (unpaired) electrons. The van der Waals surface area contributed by atoms with Crippen molar-refractivity contribution >= 4 is 43.4 Å². The van der Waals surface area contributed by atoms with E-state index in [4.69, 9.17) is 0 Å². The van der Waals surface area contributed by atoms with Crippen molar-refractivity contribution in [1.82, 2.24) is 8.87 Å². The Balaban J connectivity index is 1.68. The smallest absolute Gasteiger partial charge is 0.242 e. The summed E-state index contributed by atoms with van der Waals surface area (Å²) in [7, 11) is -3.41. The number of aryl methyl sites for hydroxylation is 1. The molecular formula is C21H25N3O3S. The van der Waals surface area contributed by atoms with E-state index in [0.29, 0.717) is 18.7 Å². The van der Waals surface area contributed by atoms with Crippen molar-refractivity contribution in [3.05, 3.63) is 42.5 Å². The first-order chi connectivity index (χ1) is 13.4. The average Bonchev–Trinajstić information content (AvgIpc) is 3.00. The second-order valence-electron chi connectivity index (χ2n) is 7.37. The second kappa shape index (κ2) is 7.22. The fraction of sp³-hybridized carbons (Fsp3) is 0.381. The van der Waals surface area contributed by atoms with Crippen LogP contribution in [0.1, 0.15) is 26.2 Å². The predicted molar refractivity (Wildman–Crippen MR) is 113 cm³/mol. The van der Waals surface area contributed by atoms with Gasteiger partial charge in [0.05, 0.1) is 6.26 Å². The predicted octanol–water partition coefficient (Wildman–Crippen LogP) is 3.57. The number of fused-ring (bicyclic) bond motifs is 3. The number of amides is 1. The number of carbonyl (C=O) groups is 1. The topological polar surface area (TPSA) is 71.4 Å². The van der Waals surface area contributed by atoms with Gasteiger partial charge < -0.3 is 9.88 Å². The summed E-state index contributed by atoms with van der Waals surface area (Å²) in [5, 5.41) is 5.17. The van der Waals surface area contributed by atoms with E-state index in [-0.39, 0.29) is 5.91 Å². The van der Waals surface area contributed by atoms with E-state index in [9.17, 15) is 13.2 Å². The maximum atomic E-state index is 12.9. The maximum absolute atomic E-state index is 12.9. The van der Waals surface area contributed by atoms with Gasteiger partial charge in [-0.1, -0.05) is 24.6 Å². The lowest BCUT2D eigenvalue weighted by molar-refractivity contribution is -0.120. The molecule has 0 spiro atoms. The van der Waals surface area contributed by atoms with E-state index in [1.807, 2.05) is 30.3 Å². The maximum Gasteiger partial charge on any atom is 0.242 e. The Bertz CT molecular complexity index is 1150. The van der Waals surface area contributed by atoms with Crippen LogP contribution in [0.25, 0.3) is 21.8 Å². The number of hydrogen-bond donors (Lipinski definition) is 1. The number of nitrogens with one attached hydrogen (secondary N) is 1. The molecule has 3 aromatic rings. The first-order valence-corrected chi connectivity index (χ1v) is 11.5. The zero-order valence-corrected chi connectivity index (χ0v) is 17.0. The molecule has 7 heteroatoms. The van der Waals surface area contributed by atoms with Gasteiger partial charge in [0.25, 0.3) is 0 Å². The summed E-state index contributed by atoms with van der Waals surface area (Å²) in [4.78, 5) is 12.9. The van der Waals surface area contributed by atoms with Gasteiger partial charge >= 0.3 is 0 Å². The highest BCUT2D eigenvalue weighted by atomic mass is 32.2. The number of hydrogen-bond acceptors (Lipinski definition) is 3. The van der Waals surface area contributed by atoms with Gasteiger partial charge in [0.2, 0.25) is 15.9 Å². The summed E-state index contributed by atoms with van der Waals surface area (Å²) >= 11 is 0. The fourth-order valence-corrected chi connectivity index (χ4v) is 5.39. The summed E-state index contributed by atoms with van der Waals surface area (Å²) in [6, 6.07) is 13.5. The second-order valence-corrected chi connectivity index (χ2v) is 9.30. The summed E-state index contributed by atoms with van der Waals surface area (Å²) in [6.45, 7) is 3.38. The molecule has 1 N–H and O–H groups in total. The van der Waals surface area contributed by atoms with Gasteiger partial charge in [-0.2, -0.15) is 4.31 Å². The van der Waals surface area contributed by atoms with Crippen molar-refractivity contribution in [3.63, 3.8) is 0 Å². The molecule has 4 rings (SSSR count). The molecule has 0 saturated carbocycles. The van der Waals surface area contributed by atoms with Crippen LogP contribution in [-0.4, -0.2) is 42.0 Å². The normalized spacial score (nSPS) is 18.6. The number of sulfonamides is 1.